The molecule has 0 bridgehead atoms. The van der Waals surface area contributed by atoms with Crippen molar-refractivity contribution in [2.45, 2.75) is 83.1 Å². The van der Waals surface area contributed by atoms with Crippen LogP contribution in [-0.2, 0) is 27.2 Å². The monoisotopic (exact) mass is 518 g/mol. The van der Waals surface area contributed by atoms with Crippen LogP contribution in [0.3, 0.4) is 0 Å². The van der Waals surface area contributed by atoms with Crippen LogP contribution in [0.5, 0.6) is 5.75 Å². The van der Waals surface area contributed by atoms with E-state index in [2.05, 4.69) is 28.1 Å². The van der Waals surface area contributed by atoms with Gasteiger partial charge in [0.2, 0.25) is 17.7 Å². The molecule has 3 amide bonds. The van der Waals surface area contributed by atoms with Crippen LogP contribution < -0.4 is 16.0 Å². The summed E-state index contributed by atoms with van der Waals surface area (Å²) >= 11 is 0. The number of hydrogen-bond acceptors (Lipinski definition) is 5. The fraction of sp³-hybridized carbons (Fsp3) is 0.500. The second-order valence-electron chi connectivity index (χ2n) is 11.6. The molecule has 5 rings (SSSR count). The maximum absolute atomic E-state index is 14.2. The van der Waals surface area contributed by atoms with Gasteiger partial charge in [-0.2, -0.15) is 0 Å². The quantitative estimate of drug-likeness (QED) is 0.487. The highest BCUT2D eigenvalue weighted by Gasteiger charge is 2.56. The van der Waals surface area contributed by atoms with E-state index in [1.807, 2.05) is 32.0 Å². The average molecular weight is 519 g/mol. The van der Waals surface area contributed by atoms with Gasteiger partial charge in [0, 0.05) is 12.0 Å². The van der Waals surface area contributed by atoms with E-state index < -0.39 is 29.6 Å². The molecule has 5 atom stereocenters. The van der Waals surface area contributed by atoms with E-state index in [0.29, 0.717) is 12.0 Å². The summed E-state index contributed by atoms with van der Waals surface area (Å²) in [4.78, 5) is 42.7. The van der Waals surface area contributed by atoms with E-state index in [1.165, 1.54) is 5.56 Å². The molecule has 2 aromatic rings. The molecule has 2 aromatic carbocycles. The van der Waals surface area contributed by atoms with Gasteiger partial charge in [-0.3, -0.25) is 14.4 Å². The highest BCUT2D eigenvalue weighted by atomic mass is 16.3. The van der Waals surface area contributed by atoms with Gasteiger partial charge >= 0.3 is 0 Å². The van der Waals surface area contributed by atoms with Crippen LogP contribution in [0.1, 0.15) is 74.4 Å². The van der Waals surface area contributed by atoms with Gasteiger partial charge in [0.05, 0.1) is 18.1 Å². The Bertz CT molecular complexity index is 1260. The number of carbonyl (C=O) groups is 3. The summed E-state index contributed by atoms with van der Waals surface area (Å²) in [6.07, 6.45) is 3.60. The zero-order valence-corrected chi connectivity index (χ0v) is 22.6. The molecule has 8 heteroatoms. The van der Waals surface area contributed by atoms with E-state index in [-0.39, 0.29) is 35.9 Å². The maximum Gasteiger partial charge on any atom is 0.246 e. The number of nitrogens with zero attached hydrogens (tertiary/aromatic N) is 1. The summed E-state index contributed by atoms with van der Waals surface area (Å²) in [5.74, 6) is -0.666. The first-order valence-corrected chi connectivity index (χ1v) is 13.6. The van der Waals surface area contributed by atoms with E-state index in [9.17, 15) is 19.5 Å². The molecule has 0 saturated carbocycles. The minimum absolute atomic E-state index is 0.110. The number of likely N-dealkylation sites (N-methyl/N-ethyl adjacent to an activating group) is 1. The average Bonchev–Trinajstić information content (AvgIpc) is 3.12. The van der Waals surface area contributed by atoms with Crippen molar-refractivity contribution < 1.29 is 19.5 Å². The Morgan fingerprint density at radius 2 is 1.79 bits per heavy atom. The van der Waals surface area contributed by atoms with E-state index >= 15 is 0 Å². The molecule has 1 aliphatic carbocycles. The number of aryl methyl sites for hydroxylation is 1. The van der Waals surface area contributed by atoms with Crippen molar-refractivity contribution >= 4 is 17.7 Å². The predicted octanol–water partition coefficient (Wildman–Crippen LogP) is 2.90. The molecule has 1 fully saturated rings. The molecule has 0 radical (unpaired) electrons. The molecule has 2 aliphatic heterocycles. The molecule has 0 aromatic heterocycles. The second-order valence-corrected chi connectivity index (χ2v) is 11.6. The normalized spacial score (nSPS) is 26.4. The summed E-state index contributed by atoms with van der Waals surface area (Å²) < 4.78 is 0. The Morgan fingerprint density at radius 3 is 2.55 bits per heavy atom. The van der Waals surface area contributed by atoms with Gasteiger partial charge in [-0.15, -0.1) is 0 Å². The summed E-state index contributed by atoms with van der Waals surface area (Å²) in [5.41, 5.74) is 3.31. The largest absolute Gasteiger partial charge is 0.508 e. The predicted molar refractivity (Wildman–Crippen MR) is 144 cm³/mol. The van der Waals surface area contributed by atoms with Gasteiger partial charge in [-0.25, -0.2) is 0 Å². The van der Waals surface area contributed by atoms with Gasteiger partial charge in [-0.1, -0.05) is 50.2 Å². The molecular weight excluding hydrogens is 480 g/mol. The zero-order chi connectivity index (χ0) is 27.2. The molecular formula is C30H38N4O4. The topological polar surface area (TPSA) is 111 Å². The zero-order valence-electron chi connectivity index (χ0n) is 22.6. The van der Waals surface area contributed by atoms with Crippen LogP contribution in [0.2, 0.25) is 0 Å². The Morgan fingerprint density at radius 1 is 1.05 bits per heavy atom. The summed E-state index contributed by atoms with van der Waals surface area (Å²) in [6.45, 7) is 5.74. The van der Waals surface area contributed by atoms with Crippen LogP contribution in [0.25, 0.3) is 0 Å². The molecule has 4 N–H and O–H groups in total. The first kappa shape index (κ1) is 26.2. The lowest BCUT2D eigenvalue weighted by atomic mass is 9.80. The van der Waals surface area contributed by atoms with E-state index in [0.717, 1.165) is 30.4 Å². The maximum atomic E-state index is 14.2. The number of amides is 3. The third kappa shape index (κ3) is 4.55. The van der Waals surface area contributed by atoms with E-state index in [1.54, 1.807) is 31.0 Å². The molecule has 202 valence electrons. The van der Waals surface area contributed by atoms with E-state index in [4.69, 9.17) is 0 Å². The first-order chi connectivity index (χ1) is 18.1. The number of benzene rings is 2. The Kier molecular flexibility index (Phi) is 6.94. The number of aromatic hydroxyl groups is 1. The molecule has 1 unspecified atom stereocenters. The van der Waals surface area contributed by atoms with Crippen molar-refractivity contribution in [1.82, 2.24) is 20.9 Å². The molecule has 2 heterocycles. The first-order valence-electron chi connectivity index (χ1n) is 13.6. The number of phenols is 1. The van der Waals surface area contributed by atoms with Gasteiger partial charge in [0.25, 0.3) is 0 Å². The van der Waals surface area contributed by atoms with Crippen molar-refractivity contribution in [2.75, 3.05) is 7.05 Å². The summed E-state index contributed by atoms with van der Waals surface area (Å²) in [7, 11) is 1.69. The number of nitrogens with one attached hydrogen (secondary N) is 3. The summed E-state index contributed by atoms with van der Waals surface area (Å²) in [5, 5.41) is 20.0. The van der Waals surface area contributed by atoms with Crippen LogP contribution in [0, 0.1) is 5.41 Å². The Balaban J connectivity index is 1.52. The standard InChI is InChI=1S/C30H38N4O4/c1-17(31-4)27(36)33-22-15-19-11-8-14-24(35)25(19)23-16-30(2,3)26(34(23)29(22)38)28(37)32-21-13-7-10-18-9-5-6-12-20(18)21/h5-6,8-9,11-12,14,17,21-23,26,31,35H,7,10,13,15-16H2,1-4H3,(H,32,37)(H,33,36)/t17-,21-,22-,23+,26?/m0/s1. The van der Waals surface area contributed by atoms with Crippen LogP contribution >= 0.6 is 0 Å². The molecule has 1 saturated heterocycles. The number of phenolic OH excluding ortho intramolecular Hbond substituents is 1. The molecule has 38 heavy (non-hydrogen) atoms. The fourth-order valence-electron chi connectivity index (χ4n) is 6.61. The Labute approximate surface area is 224 Å². The van der Waals surface area contributed by atoms with Gasteiger partial charge in [0.1, 0.15) is 17.8 Å². The Hall–Kier alpha value is -3.39. The number of rotatable bonds is 5. The number of fused-ring (bicyclic) bond motifs is 4. The lowest BCUT2D eigenvalue weighted by molar-refractivity contribution is -0.145. The third-order valence-corrected chi connectivity index (χ3v) is 8.63. The summed E-state index contributed by atoms with van der Waals surface area (Å²) in [6, 6.07) is 10.8. The minimum Gasteiger partial charge on any atom is -0.508 e. The molecule has 3 aliphatic rings. The second kappa shape index (κ2) is 10.1. The number of hydrogen-bond donors (Lipinski definition) is 4. The van der Waals surface area contributed by atoms with Crippen molar-refractivity contribution in [1.29, 1.82) is 0 Å². The lowest BCUT2D eigenvalue weighted by Crippen LogP contribution is -2.57. The van der Waals surface area contributed by atoms with Crippen molar-refractivity contribution in [2.24, 2.45) is 5.41 Å². The smallest absolute Gasteiger partial charge is 0.246 e. The fourth-order valence-corrected chi connectivity index (χ4v) is 6.61. The minimum atomic E-state index is -0.844. The number of carbonyl (C=O) groups excluding carboxylic acids is 3. The molecule has 8 nitrogen and oxygen atoms in total. The van der Waals surface area contributed by atoms with Crippen molar-refractivity contribution in [3.8, 4) is 5.75 Å². The molecule has 0 spiro atoms. The lowest BCUT2D eigenvalue weighted by Gasteiger charge is -2.36. The van der Waals surface area contributed by atoms with Crippen molar-refractivity contribution in [3.63, 3.8) is 0 Å². The van der Waals surface area contributed by atoms with Gasteiger partial charge < -0.3 is 26.0 Å². The highest BCUT2D eigenvalue weighted by Crippen LogP contribution is 2.52. The van der Waals surface area contributed by atoms with Gasteiger partial charge in [0.15, 0.2) is 0 Å². The van der Waals surface area contributed by atoms with Gasteiger partial charge in [-0.05, 0) is 67.8 Å². The SMILES string of the molecule is CN[C@@H](C)C(=O)N[C@H]1Cc2cccc(O)c2[C@H]2CC(C)(C)C(C(=O)N[C@H]3CCCc4ccccc43)N2C1=O. The third-order valence-electron chi connectivity index (χ3n) is 8.63. The van der Waals surface area contributed by atoms with Crippen molar-refractivity contribution in [3.05, 3.63) is 64.7 Å². The van der Waals surface area contributed by atoms with Crippen LogP contribution in [0.4, 0.5) is 0 Å². The van der Waals surface area contributed by atoms with Crippen LogP contribution in [0.15, 0.2) is 42.5 Å². The highest BCUT2D eigenvalue weighted by molar-refractivity contribution is 5.95. The van der Waals surface area contributed by atoms with Crippen LogP contribution in [-0.4, -0.2) is 52.9 Å².